The van der Waals surface area contributed by atoms with E-state index in [1.807, 2.05) is 37.8 Å². The molecule has 0 aliphatic carbocycles. The Hall–Kier alpha value is -1.81. The first kappa shape index (κ1) is 15.6. The molecule has 1 unspecified atom stereocenters. The van der Waals surface area contributed by atoms with Crippen LogP contribution < -0.4 is 10.1 Å². The van der Waals surface area contributed by atoms with E-state index in [4.69, 9.17) is 4.74 Å². The van der Waals surface area contributed by atoms with Crippen molar-refractivity contribution < 1.29 is 4.74 Å². The first-order chi connectivity index (χ1) is 10.1. The van der Waals surface area contributed by atoms with E-state index in [1.165, 1.54) is 5.56 Å². The van der Waals surface area contributed by atoms with E-state index in [0.717, 1.165) is 24.4 Å². The Morgan fingerprint density at radius 3 is 2.71 bits per heavy atom. The van der Waals surface area contributed by atoms with E-state index in [2.05, 4.69) is 41.6 Å². The summed E-state index contributed by atoms with van der Waals surface area (Å²) in [5.41, 5.74) is 2.33. The number of likely N-dealkylation sites (N-methyl/N-ethyl adjacent to an activating group) is 1. The fourth-order valence-electron chi connectivity index (χ4n) is 2.41. The smallest absolute Gasteiger partial charge is 0.120 e. The van der Waals surface area contributed by atoms with Crippen LogP contribution in [-0.4, -0.2) is 22.4 Å². The largest absolute Gasteiger partial charge is 0.491 e. The molecular formula is C17H25N3O. The van der Waals surface area contributed by atoms with Crippen LogP contribution in [0.5, 0.6) is 5.75 Å². The lowest BCUT2D eigenvalue weighted by atomic mass is 10.0. The molecule has 21 heavy (non-hydrogen) atoms. The van der Waals surface area contributed by atoms with Gasteiger partial charge >= 0.3 is 0 Å². The van der Waals surface area contributed by atoms with Crippen molar-refractivity contribution in [3.8, 4) is 5.75 Å². The van der Waals surface area contributed by atoms with Crippen molar-refractivity contribution in [1.82, 2.24) is 15.1 Å². The van der Waals surface area contributed by atoms with Gasteiger partial charge in [0, 0.05) is 25.7 Å². The highest BCUT2D eigenvalue weighted by Crippen LogP contribution is 2.23. The number of nitrogens with zero attached hydrogens (tertiary/aromatic N) is 2. The van der Waals surface area contributed by atoms with E-state index in [0.29, 0.717) is 0 Å². The Morgan fingerprint density at radius 2 is 2.10 bits per heavy atom. The van der Waals surface area contributed by atoms with Crippen LogP contribution in [0.3, 0.4) is 0 Å². The molecule has 2 rings (SSSR count). The molecule has 2 aromatic rings. The highest BCUT2D eigenvalue weighted by Gasteiger charge is 2.13. The molecule has 0 bridgehead atoms. The molecule has 1 atom stereocenters. The molecule has 4 nitrogen and oxygen atoms in total. The van der Waals surface area contributed by atoms with Crippen LogP contribution in [0.25, 0.3) is 0 Å². The lowest BCUT2D eigenvalue weighted by Gasteiger charge is -2.19. The van der Waals surface area contributed by atoms with Crippen LogP contribution in [0.15, 0.2) is 36.5 Å². The zero-order valence-electron chi connectivity index (χ0n) is 13.3. The Labute approximate surface area is 127 Å². The molecule has 0 fully saturated rings. The van der Waals surface area contributed by atoms with E-state index in [9.17, 15) is 0 Å². The Bertz CT molecular complexity index is 563. The molecule has 1 aromatic carbocycles. The summed E-state index contributed by atoms with van der Waals surface area (Å²) in [7, 11) is 1.95. The van der Waals surface area contributed by atoms with Gasteiger partial charge in [0.25, 0.3) is 0 Å². The maximum Gasteiger partial charge on any atom is 0.120 e. The van der Waals surface area contributed by atoms with Crippen molar-refractivity contribution in [1.29, 1.82) is 0 Å². The molecule has 1 N–H and O–H groups in total. The molecule has 114 valence electrons. The summed E-state index contributed by atoms with van der Waals surface area (Å²) in [6, 6.07) is 10.6. The fourth-order valence-corrected chi connectivity index (χ4v) is 2.41. The molecule has 0 amide bonds. The Balaban J connectivity index is 2.17. The van der Waals surface area contributed by atoms with Gasteiger partial charge in [-0.15, -0.1) is 0 Å². The predicted octanol–water partition coefficient (Wildman–Crippen LogP) is 3.10. The lowest BCUT2D eigenvalue weighted by Crippen LogP contribution is -2.23. The van der Waals surface area contributed by atoms with Gasteiger partial charge in [0.05, 0.1) is 11.8 Å². The quantitative estimate of drug-likeness (QED) is 0.850. The summed E-state index contributed by atoms with van der Waals surface area (Å²) in [4.78, 5) is 0. The van der Waals surface area contributed by atoms with E-state index in [-0.39, 0.29) is 12.1 Å². The van der Waals surface area contributed by atoms with Crippen molar-refractivity contribution in [2.24, 2.45) is 7.05 Å². The third kappa shape index (κ3) is 4.60. The average Bonchev–Trinajstić information content (AvgIpc) is 2.83. The number of benzene rings is 1. The van der Waals surface area contributed by atoms with E-state index < -0.39 is 0 Å². The standard InChI is InChI=1S/C17H25N3O/c1-5-18-17(12-15-9-10-20(4)19-15)14-7-6-8-16(11-14)21-13(2)3/h6-11,13,17-18H,5,12H2,1-4H3. The van der Waals surface area contributed by atoms with Crippen molar-refractivity contribution in [3.63, 3.8) is 0 Å². The number of hydrogen-bond acceptors (Lipinski definition) is 3. The summed E-state index contributed by atoms with van der Waals surface area (Å²) < 4.78 is 7.63. The monoisotopic (exact) mass is 287 g/mol. The summed E-state index contributed by atoms with van der Waals surface area (Å²) in [5, 5.41) is 8.01. The lowest BCUT2D eigenvalue weighted by molar-refractivity contribution is 0.242. The molecule has 0 saturated heterocycles. The molecule has 1 aromatic heterocycles. The van der Waals surface area contributed by atoms with Gasteiger partial charge in [-0.25, -0.2) is 0 Å². The summed E-state index contributed by atoms with van der Waals surface area (Å²) in [6.45, 7) is 7.14. The van der Waals surface area contributed by atoms with E-state index in [1.54, 1.807) is 0 Å². The van der Waals surface area contributed by atoms with Crippen molar-refractivity contribution >= 4 is 0 Å². The molecule has 0 spiro atoms. The minimum Gasteiger partial charge on any atom is -0.491 e. The molecule has 0 radical (unpaired) electrons. The number of nitrogens with one attached hydrogen (secondary N) is 1. The zero-order chi connectivity index (χ0) is 15.2. The summed E-state index contributed by atoms with van der Waals surface area (Å²) >= 11 is 0. The minimum atomic E-state index is 0.189. The number of rotatable bonds is 7. The van der Waals surface area contributed by atoms with Gasteiger partial charge in [-0.2, -0.15) is 5.10 Å². The first-order valence-corrected chi connectivity index (χ1v) is 7.57. The number of aromatic nitrogens is 2. The topological polar surface area (TPSA) is 39.1 Å². The fraction of sp³-hybridized carbons (Fsp3) is 0.471. The third-order valence-corrected chi connectivity index (χ3v) is 3.26. The molecule has 4 heteroatoms. The highest BCUT2D eigenvalue weighted by molar-refractivity contribution is 5.31. The van der Waals surface area contributed by atoms with Crippen LogP contribution >= 0.6 is 0 Å². The maximum absolute atomic E-state index is 5.79. The molecule has 0 saturated carbocycles. The summed E-state index contributed by atoms with van der Waals surface area (Å²) in [5.74, 6) is 0.923. The van der Waals surface area contributed by atoms with Crippen LogP contribution in [0, 0.1) is 0 Å². The third-order valence-electron chi connectivity index (χ3n) is 3.26. The molecule has 0 aliphatic heterocycles. The highest BCUT2D eigenvalue weighted by atomic mass is 16.5. The maximum atomic E-state index is 5.79. The molecule has 0 aliphatic rings. The van der Waals surface area contributed by atoms with Gasteiger partial charge in [0.1, 0.15) is 5.75 Å². The molecule has 1 heterocycles. The average molecular weight is 287 g/mol. The SMILES string of the molecule is CCNC(Cc1ccn(C)n1)c1cccc(OC(C)C)c1. The van der Waals surface area contributed by atoms with Gasteiger partial charge < -0.3 is 10.1 Å². The predicted molar refractivity (Wildman–Crippen MR) is 85.5 cm³/mol. The number of aryl methyl sites for hydroxylation is 1. The second-order valence-corrected chi connectivity index (χ2v) is 5.53. The van der Waals surface area contributed by atoms with E-state index >= 15 is 0 Å². The van der Waals surface area contributed by atoms with Gasteiger partial charge in [-0.1, -0.05) is 19.1 Å². The zero-order valence-corrected chi connectivity index (χ0v) is 13.3. The second-order valence-electron chi connectivity index (χ2n) is 5.53. The minimum absolute atomic E-state index is 0.189. The van der Waals surface area contributed by atoms with Crippen LogP contribution in [0.4, 0.5) is 0 Å². The number of hydrogen-bond donors (Lipinski definition) is 1. The first-order valence-electron chi connectivity index (χ1n) is 7.57. The van der Waals surface area contributed by atoms with Gasteiger partial charge in [-0.05, 0) is 44.2 Å². The van der Waals surface area contributed by atoms with Crippen molar-refractivity contribution in [3.05, 3.63) is 47.8 Å². The van der Waals surface area contributed by atoms with Crippen LogP contribution in [0.2, 0.25) is 0 Å². The molecular weight excluding hydrogens is 262 g/mol. The van der Waals surface area contributed by atoms with Gasteiger partial charge in [0.15, 0.2) is 0 Å². The number of ether oxygens (including phenoxy) is 1. The van der Waals surface area contributed by atoms with Crippen molar-refractivity contribution in [2.75, 3.05) is 6.54 Å². The van der Waals surface area contributed by atoms with Gasteiger partial charge in [0.2, 0.25) is 0 Å². The van der Waals surface area contributed by atoms with Crippen LogP contribution in [0.1, 0.15) is 38.1 Å². The Kier molecular flexibility index (Phi) is 5.39. The van der Waals surface area contributed by atoms with Crippen molar-refractivity contribution in [2.45, 2.75) is 39.3 Å². The second kappa shape index (κ2) is 7.27. The Morgan fingerprint density at radius 1 is 1.29 bits per heavy atom. The normalized spacial score (nSPS) is 12.6. The van der Waals surface area contributed by atoms with Crippen LogP contribution in [-0.2, 0) is 13.5 Å². The summed E-state index contributed by atoms with van der Waals surface area (Å²) in [6.07, 6.45) is 3.05. The van der Waals surface area contributed by atoms with Gasteiger partial charge in [-0.3, -0.25) is 4.68 Å².